The van der Waals surface area contributed by atoms with E-state index in [0.717, 1.165) is 0 Å². The van der Waals surface area contributed by atoms with Crippen molar-refractivity contribution in [2.45, 2.75) is 32.1 Å². The first-order valence-electron chi connectivity index (χ1n) is 7.44. The molecule has 5 atom stereocenters. The van der Waals surface area contributed by atoms with Gasteiger partial charge in [-0.25, -0.2) is 15.0 Å². The van der Waals surface area contributed by atoms with Crippen LogP contribution in [0.4, 0.5) is 5.82 Å². The van der Waals surface area contributed by atoms with E-state index in [4.69, 9.17) is 5.73 Å². The van der Waals surface area contributed by atoms with Gasteiger partial charge in [0.15, 0.2) is 11.5 Å². The molecule has 0 aromatic carbocycles. The van der Waals surface area contributed by atoms with Gasteiger partial charge in [-0.15, -0.1) is 6.58 Å². The summed E-state index contributed by atoms with van der Waals surface area (Å²) in [5.41, 5.74) is 6.64. The van der Waals surface area contributed by atoms with Gasteiger partial charge in [-0.05, 0) is 11.8 Å². The van der Waals surface area contributed by atoms with E-state index in [1.165, 1.54) is 18.7 Å². The molecule has 0 aliphatic heterocycles. The van der Waals surface area contributed by atoms with Crippen molar-refractivity contribution in [3.05, 3.63) is 25.3 Å². The molecule has 0 aliphatic rings. The summed E-state index contributed by atoms with van der Waals surface area (Å²) in [6, 6.07) is -0.641. The number of fused-ring (bicyclic) bond motifs is 1. The monoisotopic (exact) mass is 321 g/mol. The molecule has 0 spiro atoms. The predicted octanol–water partition coefficient (Wildman–Crippen LogP) is 0.122. The van der Waals surface area contributed by atoms with E-state index in [-0.39, 0.29) is 24.3 Å². The fourth-order valence-corrected chi connectivity index (χ4v) is 2.52. The summed E-state index contributed by atoms with van der Waals surface area (Å²) in [6.07, 6.45) is 2.14. The number of hydrogen-bond donors (Lipinski definition) is 4. The number of rotatable bonds is 7. The van der Waals surface area contributed by atoms with Gasteiger partial charge in [0.05, 0.1) is 18.5 Å². The molecule has 0 radical (unpaired) electrons. The topological polar surface area (TPSA) is 130 Å². The Balaban J connectivity index is 2.34. The molecule has 126 valence electrons. The summed E-state index contributed by atoms with van der Waals surface area (Å²) < 4.78 is 1.60. The minimum Gasteiger partial charge on any atom is -0.396 e. The van der Waals surface area contributed by atoms with Crippen molar-refractivity contribution in [1.82, 2.24) is 19.5 Å². The third-order valence-corrected chi connectivity index (χ3v) is 4.37. The molecule has 2 aromatic rings. The molecule has 2 heterocycles. The van der Waals surface area contributed by atoms with Gasteiger partial charge < -0.3 is 25.6 Å². The van der Waals surface area contributed by atoms with Crippen LogP contribution in [0, 0.1) is 11.8 Å². The molecule has 3 unspecified atom stereocenters. The lowest BCUT2D eigenvalue weighted by Gasteiger charge is -2.31. The summed E-state index contributed by atoms with van der Waals surface area (Å²) in [5.74, 6) is -0.205. The number of aliphatic hydroxyl groups is 3. The molecule has 2 rings (SSSR count). The quantitative estimate of drug-likeness (QED) is 0.533. The molecule has 5 N–H and O–H groups in total. The fourth-order valence-electron chi connectivity index (χ4n) is 2.52. The first-order chi connectivity index (χ1) is 10.9. The molecular formula is C15H23N5O3. The molecule has 8 nitrogen and oxygen atoms in total. The van der Waals surface area contributed by atoms with E-state index >= 15 is 0 Å². The maximum Gasteiger partial charge on any atom is 0.166 e. The second-order valence-electron chi connectivity index (χ2n) is 5.81. The van der Waals surface area contributed by atoms with Crippen LogP contribution in [0.3, 0.4) is 0 Å². The van der Waals surface area contributed by atoms with Crippen LogP contribution in [0.15, 0.2) is 25.3 Å². The third-order valence-electron chi connectivity index (χ3n) is 4.37. The lowest BCUT2D eigenvalue weighted by molar-refractivity contribution is -0.0476. The van der Waals surface area contributed by atoms with E-state index in [0.29, 0.717) is 11.2 Å². The molecule has 8 heteroatoms. The van der Waals surface area contributed by atoms with Crippen molar-refractivity contribution in [2.75, 3.05) is 12.3 Å². The van der Waals surface area contributed by atoms with Crippen molar-refractivity contribution in [2.24, 2.45) is 11.8 Å². The zero-order valence-electron chi connectivity index (χ0n) is 13.2. The van der Waals surface area contributed by atoms with Crippen LogP contribution in [0.1, 0.15) is 19.9 Å². The number of nitrogen functional groups attached to an aromatic ring is 1. The van der Waals surface area contributed by atoms with Crippen LogP contribution < -0.4 is 5.73 Å². The second-order valence-corrected chi connectivity index (χ2v) is 5.81. The van der Waals surface area contributed by atoms with Crippen molar-refractivity contribution < 1.29 is 15.3 Å². The highest BCUT2D eigenvalue weighted by Gasteiger charge is 2.32. The van der Waals surface area contributed by atoms with Crippen LogP contribution >= 0.6 is 0 Å². The SMILES string of the molecule is C=CC(C(O)C(O)[C@H](C)[C@@H](C)CO)n1cnc2c(N)ncnc21. The highest BCUT2D eigenvalue weighted by Crippen LogP contribution is 2.27. The Labute approximate surface area is 134 Å². The molecule has 0 bridgehead atoms. The number of imidazole rings is 1. The minimum atomic E-state index is -1.13. The zero-order valence-corrected chi connectivity index (χ0v) is 13.2. The van der Waals surface area contributed by atoms with Crippen LogP contribution in [-0.2, 0) is 0 Å². The Kier molecular flexibility index (Phi) is 5.30. The summed E-state index contributed by atoms with van der Waals surface area (Å²) >= 11 is 0. The van der Waals surface area contributed by atoms with Crippen LogP contribution in [0.25, 0.3) is 11.2 Å². The Morgan fingerprint density at radius 3 is 2.57 bits per heavy atom. The third kappa shape index (κ3) is 3.19. The molecule has 0 aliphatic carbocycles. The van der Waals surface area contributed by atoms with E-state index in [9.17, 15) is 15.3 Å². The van der Waals surface area contributed by atoms with Gasteiger partial charge in [-0.2, -0.15) is 0 Å². The van der Waals surface area contributed by atoms with E-state index in [1.54, 1.807) is 11.5 Å². The summed E-state index contributed by atoms with van der Waals surface area (Å²) in [6.45, 7) is 7.25. The van der Waals surface area contributed by atoms with Gasteiger partial charge in [-0.3, -0.25) is 0 Å². The Hall–Kier alpha value is -2.03. The highest BCUT2D eigenvalue weighted by atomic mass is 16.3. The minimum absolute atomic E-state index is 0.0680. The maximum atomic E-state index is 10.6. The summed E-state index contributed by atoms with van der Waals surface area (Å²) in [5, 5.41) is 30.2. The first-order valence-corrected chi connectivity index (χ1v) is 7.44. The smallest absolute Gasteiger partial charge is 0.166 e. The van der Waals surface area contributed by atoms with Gasteiger partial charge in [0.2, 0.25) is 0 Å². The number of nitrogens with two attached hydrogens (primary N) is 1. The predicted molar refractivity (Wildman–Crippen MR) is 86.4 cm³/mol. The standard InChI is InChI=1S/C15H23N5O3/c1-4-10(13(23)12(22)9(3)8(2)5-21)20-7-19-11-14(16)17-6-18-15(11)20/h4,6-10,12-13,21-23H,1,5H2,2-3H3,(H2,16,17,18)/t8-,9+,10?,12?,13?/m0/s1. The molecule has 23 heavy (non-hydrogen) atoms. The number of hydrogen-bond acceptors (Lipinski definition) is 7. The average molecular weight is 321 g/mol. The highest BCUT2D eigenvalue weighted by molar-refractivity contribution is 5.81. The lowest BCUT2D eigenvalue weighted by atomic mass is 9.86. The van der Waals surface area contributed by atoms with Gasteiger partial charge in [-0.1, -0.05) is 19.9 Å². The summed E-state index contributed by atoms with van der Waals surface area (Å²) in [7, 11) is 0. The molecule has 0 amide bonds. The lowest BCUT2D eigenvalue weighted by Crippen LogP contribution is -2.41. The Bertz CT molecular complexity index is 674. The number of aromatic nitrogens is 4. The van der Waals surface area contributed by atoms with Crippen LogP contribution in [0.5, 0.6) is 0 Å². The van der Waals surface area contributed by atoms with Crippen LogP contribution in [0.2, 0.25) is 0 Å². The number of aliphatic hydroxyl groups excluding tert-OH is 3. The van der Waals surface area contributed by atoms with E-state index in [2.05, 4.69) is 21.5 Å². The van der Waals surface area contributed by atoms with Gasteiger partial charge in [0.25, 0.3) is 0 Å². The van der Waals surface area contributed by atoms with Crippen molar-refractivity contribution in [1.29, 1.82) is 0 Å². The maximum absolute atomic E-state index is 10.6. The van der Waals surface area contributed by atoms with Crippen molar-refractivity contribution in [3.8, 4) is 0 Å². The Morgan fingerprint density at radius 1 is 1.26 bits per heavy atom. The van der Waals surface area contributed by atoms with Gasteiger partial charge in [0, 0.05) is 6.61 Å². The largest absolute Gasteiger partial charge is 0.396 e. The molecular weight excluding hydrogens is 298 g/mol. The molecule has 0 saturated heterocycles. The summed E-state index contributed by atoms with van der Waals surface area (Å²) in [4.78, 5) is 12.2. The molecule has 0 saturated carbocycles. The zero-order chi connectivity index (χ0) is 17.1. The molecule has 0 fully saturated rings. The number of anilines is 1. The normalized spacial score (nSPS) is 18.3. The fraction of sp³-hybridized carbons (Fsp3) is 0.533. The van der Waals surface area contributed by atoms with Gasteiger partial charge >= 0.3 is 0 Å². The van der Waals surface area contributed by atoms with Crippen LogP contribution in [-0.4, -0.2) is 53.7 Å². The van der Waals surface area contributed by atoms with Crippen molar-refractivity contribution in [3.63, 3.8) is 0 Å². The van der Waals surface area contributed by atoms with Crippen molar-refractivity contribution >= 4 is 17.0 Å². The van der Waals surface area contributed by atoms with Gasteiger partial charge in [0.1, 0.15) is 17.9 Å². The first kappa shape index (κ1) is 17.3. The molecule has 2 aromatic heterocycles. The Morgan fingerprint density at radius 2 is 1.96 bits per heavy atom. The average Bonchev–Trinajstić information content (AvgIpc) is 2.98. The number of nitrogens with zero attached hydrogens (tertiary/aromatic N) is 4. The second kappa shape index (κ2) is 7.03. The van der Waals surface area contributed by atoms with E-state index < -0.39 is 18.2 Å². The van der Waals surface area contributed by atoms with E-state index in [1.807, 2.05) is 6.92 Å².